The van der Waals surface area contributed by atoms with E-state index in [9.17, 15) is 13.2 Å². The highest BCUT2D eigenvalue weighted by atomic mass is 32.2. The highest BCUT2D eigenvalue weighted by molar-refractivity contribution is 7.91. The zero-order valence-electron chi connectivity index (χ0n) is 16.9. The average Bonchev–Trinajstić information content (AvgIpc) is 3.25. The molecule has 0 bridgehead atoms. The normalized spacial score (nSPS) is 15.9. The van der Waals surface area contributed by atoms with Gasteiger partial charge in [0.25, 0.3) is 15.9 Å². The lowest BCUT2D eigenvalue weighted by atomic mass is 10.1. The van der Waals surface area contributed by atoms with Crippen LogP contribution in [0.3, 0.4) is 0 Å². The van der Waals surface area contributed by atoms with E-state index in [-0.39, 0.29) is 5.91 Å². The Hall–Kier alpha value is -1.81. The Kier molecular flexibility index (Phi) is 5.27. The summed E-state index contributed by atoms with van der Waals surface area (Å²) in [7, 11) is -3.49. The van der Waals surface area contributed by atoms with Gasteiger partial charge >= 0.3 is 0 Å². The van der Waals surface area contributed by atoms with Crippen LogP contribution in [0.4, 0.5) is 0 Å². The fourth-order valence-corrected chi connectivity index (χ4v) is 7.91. The third-order valence-corrected chi connectivity index (χ3v) is 9.80. The maximum atomic E-state index is 13.2. The molecule has 9 heteroatoms. The molecule has 6 nitrogen and oxygen atoms in total. The summed E-state index contributed by atoms with van der Waals surface area (Å²) in [5.41, 5.74) is 3.03. The van der Waals surface area contributed by atoms with E-state index in [1.165, 1.54) is 27.0 Å². The number of fused-ring (bicyclic) bond motifs is 1. The summed E-state index contributed by atoms with van der Waals surface area (Å²) in [6.07, 6.45) is 0. The van der Waals surface area contributed by atoms with Gasteiger partial charge in [-0.2, -0.15) is 4.31 Å². The smallest absolute Gasteiger partial charge is 0.264 e. The zero-order chi connectivity index (χ0) is 20.9. The SMILES string of the molecule is Cc1cc(C)c2c(C)c(C(=O)N3CCN(S(=O)(=O)c4ccc(C)s4)CC3)sc2n1. The summed E-state index contributed by atoms with van der Waals surface area (Å²) in [6, 6.07) is 5.51. The molecule has 0 N–H and O–H groups in total. The third-order valence-electron chi connectivity index (χ3n) is 5.26. The number of aromatic nitrogens is 1. The second-order valence-electron chi connectivity index (χ2n) is 7.38. The predicted molar refractivity (Wildman–Crippen MR) is 118 cm³/mol. The van der Waals surface area contributed by atoms with Gasteiger partial charge in [-0.05, 0) is 57.0 Å². The highest BCUT2D eigenvalue weighted by Crippen LogP contribution is 2.33. The van der Waals surface area contributed by atoms with Crippen LogP contribution in [0.5, 0.6) is 0 Å². The molecule has 154 valence electrons. The molecule has 29 heavy (non-hydrogen) atoms. The maximum Gasteiger partial charge on any atom is 0.264 e. The van der Waals surface area contributed by atoms with Crippen LogP contribution in [0, 0.1) is 27.7 Å². The zero-order valence-corrected chi connectivity index (χ0v) is 19.3. The predicted octanol–water partition coefficient (Wildman–Crippen LogP) is 3.74. The molecular formula is C20H23N3O3S3. The number of hydrogen-bond donors (Lipinski definition) is 0. The molecule has 1 aliphatic rings. The number of sulfonamides is 1. The molecule has 4 heterocycles. The van der Waals surface area contributed by atoms with E-state index in [2.05, 4.69) is 4.98 Å². The Bertz CT molecular complexity index is 1200. The first-order valence-electron chi connectivity index (χ1n) is 9.41. The van der Waals surface area contributed by atoms with Crippen LogP contribution in [0.2, 0.25) is 0 Å². The Balaban J connectivity index is 1.53. The first kappa shape index (κ1) is 20.5. The van der Waals surface area contributed by atoms with Crippen LogP contribution in [-0.4, -0.2) is 54.7 Å². The van der Waals surface area contributed by atoms with Gasteiger partial charge in [0, 0.05) is 42.1 Å². The molecule has 1 saturated heterocycles. The number of amides is 1. The molecular weight excluding hydrogens is 426 g/mol. The molecule has 0 unspecified atom stereocenters. The largest absolute Gasteiger partial charge is 0.335 e. The van der Waals surface area contributed by atoms with Crippen molar-refractivity contribution in [2.24, 2.45) is 0 Å². The van der Waals surface area contributed by atoms with E-state index >= 15 is 0 Å². The number of hydrogen-bond acceptors (Lipinski definition) is 6. The summed E-state index contributed by atoms with van der Waals surface area (Å²) < 4.78 is 27.5. The van der Waals surface area contributed by atoms with E-state index in [4.69, 9.17) is 0 Å². The number of rotatable bonds is 3. The number of thiophene rings is 2. The maximum absolute atomic E-state index is 13.2. The van der Waals surface area contributed by atoms with Crippen LogP contribution in [-0.2, 0) is 10.0 Å². The number of carbonyl (C=O) groups is 1. The molecule has 1 fully saturated rings. The lowest BCUT2D eigenvalue weighted by Crippen LogP contribution is -2.50. The molecule has 0 aliphatic carbocycles. The quantitative estimate of drug-likeness (QED) is 0.611. The molecule has 4 rings (SSSR count). The van der Waals surface area contributed by atoms with Gasteiger partial charge in [-0.25, -0.2) is 13.4 Å². The topological polar surface area (TPSA) is 70.6 Å². The van der Waals surface area contributed by atoms with Gasteiger partial charge in [0.05, 0.1) is 4.88 Å². The molecule has 1 aliphatic heterocycles. The first-order chi connectivity index (χ1) is 13.7. The number of aryl methyl sites for hydroxylation is 4. The van der Waals surface area contributed by atoms with E-state index in [0.29, 0.717) is 35.3 Å². The van der Waals surface area contributed by atoms with Crippen molar-refractivity contribution in [1.82, 2.24) is 14.2 Å². The van der Waals surface area contributed by atoms with E-state index in [1.807, 2.05) is 39.8 Å². The minimum Gasteiger partial charge on any atom is -0.335 e. The molecule has 0 atom stereocenters. The fourth-order valence-electron chi connectivity index (χ4n) is 3.78. The first-order valence-corrected chi connectivity index (χ1v) is 12.5. The lowest BCUT2D eigenvalue weighted by molar-refractivity contribution is 0.0702. The summed E-state index contributed by atoms with van der Waals surface area (Å²) in [4.78, 5) is 22.1. The van der Waals surface area contributed by atoms with Crippen molar-refractivity contribution in [2.75, 3.05) is 26.2 Å². The van der Waals surface area contributed by atoms with Crippen LogP contribution in [0.25, 0.3) is 10.2 Å². The third kappa shape index (κ3) is 3.61. The van der Waals surface area contributed by atoms with Crippen molar-refractivity contribution >= 4 is 48.8 Å². The Labute approximate surface area is 178 Å². The average molecular weight is 450 g/mol. The van der Waals surface area contributed by atoms with Gasteiger partial charge in [-0.3, -0.25) is 4.79 Å². The number of pyridine rings is 1. The van der Waals surface area contributed by atoms with Crippen LogP contribution < -0.4 is 0 Å². The second kappa shape index (κ2) is 7.46. The second-order valence-corrected chi connectivity index (χ2v) is 11.8. The van der Waals surface area contributed by atoms with Gasteiger partial charge in [-0.1, -0.05) is 0 Å². The number of carbonyl (C=O) groups excluding carboxylic acids is 1. The summed E-state index contributed by atoms with van der Waals surface area (Å²) in [5, 5.41) is 1.05. The standard InChI is InChI=1S/C20H23N3O3S3/c1-12-11-13(2)21-19-17(12)15(4)18(28-19)20(24)22-7-9-23(10-8-22)29(25,26)16-6-5-14(3)27-16/h5-6,11H,7-10H2,1-4H3. The fraction of sp³-hybridized carbons (Fsp3) is 0.400. The van der Waals surface area contributed by atoms with Gasteiger partial charge in [0.15, 0.2) is 0 Å². The van der Waals surface area contributed by atoms with Crippen molar-refractivity contribution in [1.29, 1.82) is 0 Å². The van der Waals surface area contributed by atoms with Crippen molar-refractivity contribution in [3.8, 4) is 0 Å². The van der Waals surface area contributed by atoms with E-state index in [0.717, 1.165) is 31.9 Å². The molecule has 0 spiro atoms. The monoisotopic (exact) mass is 449 g/mol. The van der Waals surface area contributed by atoms with Gasteiger partial charge in [0.1, 0.15) is 9.04 Å². The van der Waals surface area contributed by atoms with Crippen molar-refractivity contribution < 1.29 is 13.2 Å². The Morgan fingerprint density at radius 2 is 1.72 bits per heavy atom. The minimum absolute atomic E-state index is 0.0356. The van der Waals surface area contributed by atoms with Crippen molar-refractivity contribution in [3.05, 3.63) is 44.8 Å². The molecule has 3 aromatic rings. The summed E-state index contributed by atoms with van der Waals surface area (Å²) in [5.74, 6) is -0.0356. The van der Waals surface area contributed by atoms with Crippen LogP contribution in [0.15, 0.2) is 22.4 Å². The molecule has 0 saturated carbocycles. The van der Waals surface area contributed by atoms with E-state index < -0.39 is 10.0 Å². The summed E-state index contributed by atoms with van der Waals surface area (Å²) >= 11 is 2.71. The lowest BCUT2D eigenvalue weighted by Gasteiger charge is -2.33. The number of piperazine rings is 1. The molecule has 3 aromatic heterocycles. The van der Waals surface area contributed by atoms with Crippen LogP contribution >= 0.6 is 22.7 Å². The minimum atomic E-state index is -3.49. The van der Waals surface area contributed by atoms with Gasteiger partial charge in [-0.15, -0.1) is 22.7 Å². The summed E-state index contributed by atoms with van der Waals surface area (Å²) in [6.45, 7) is 9.26. The Morgan fingerprint density at radius 3 is 2.34 bits per heavy atom. The van der Waals surface area contributed by atoms with Gasteiger partial charge < -0.3 is 4.90 Å². The highest BCUT2D eigenvalue weighted by Gasteiger charge is 2.32. The molecule has 0 aromatic carbocycles. The van der Waals surface area contributed by atoms with Gasteiger partial charge in [0.2, 0.25) is 0 Å². The Morgan fingerprint density at radius 1 is 1.03 bits per heavy atom. The number of nitrogens with zero attached hydrogens (tertiary/aromatic N) is 3. The van der Waals surface area contributed by atoms with Crippen molar-refractivity contribution in [2.45, 2.75) is 31.9 Å². The van der Waals surface area contributed by atoms with Crippen molar-refractivity contribution in [3.63, 3.8) is 0 Å². The van der Waals surface area contributed by atoms with E-state index in [1.54, 1.807) is 11.0 Å². The molecule has 1 amide bonds. The molecule has 0 radical (unpaired) electrons. The van der Waals surface area contributed by atoms with Crippen LogP contribution in [0.1, 0.15) is 31.4 Å².